The van der Waals surface area contributed by atoms with Crippen LogP contribution in [0.15, 0.2) is 29.6 Å². The number of carbonyl (C=O) groups is 2. The molecule has 3 amide bonds. The summed E-state index contributed by atoms with van der Waals surface area (Å²) in [5.41, 5.74) is 2.62. The summed E-state index contributed by atoms with van der Waals surface area (Å²) in [5, 5.41) is 11.3. The highest BCUT2D eigenvalue weighted by Crippen LogP contribution is 2.23. The molecule has 126 valence electrons. The molecule has 3 N–H and O–H groups in total. The number of hydrogen-bond donors (Lipinski definition) is 3. The molecule has 3 rings (SSSR count). The number of nitrogens with zero attached hydrogens (tertiary/aromatic N) is 1. The van der Waals surface area contributed by atoms with E-state index in [1.54, 1.807) is 11.3 Å². The second-order valence-electron chi connectivity index (χ2n) is 5.77. The van der Waals surface area contributed by atoms with Crippen LogP contribution < -0.4 is 16.0 Å². The van der Waals surface area contributed by atoms with E-state index in [9.17, 15) is 9.59 Å². The van der Waals surface area contributed by atoms with E-state index in [0.29, 0.717) is 18.7 Å². The van der Waals surface area contributed by atoms with Crippen molar-refractivity contribution in [3.8, 4) is 11.3 Å². The molecule has 0 aliphatic carbocycles. The third kappa shape index (κ3) is 4.11. The molecule has 6 nitrogen and oxygen atoms in total. The molecular formula is C17H20N4O2S. The number of rotatable bonds is 3. The first-order valence-corrected chi connectivity index (χ1v) is 8.87. The minimum absolute atomic E-state index is 0.114. The second kappa shape index (κ2) is 7.44. The van der Waals surface area contributed by atoms with Gasteiger partial charge in [0.1, 0.15) is 6.04 Å². The average Bonchev–Trinajstić information content (AvgIpc) is 2.90. The Balaban J connectivity index is 1.59. The van der Waals surface area contributed by atoms with Crippen molar-refractivity contribution in [1.29, 1.82) is 0 Å². The Kier molecular flexibility index (Phi) is 5.10. The minimum Gasteiger partial charge on any atom is -0.354 e. The number of aromatic nitrogens is 1. The fourth-order valence-corrected chi connectivity index (χ4v) is 3.24. The topological polar surface area (TPSA) is 83.1 Å². The Morgan fingerprint density at radius 3 is 2.79 bits per heavy atom. The fraction of sp³-hybridized carbons (Fsp3) is 0.353. The van der Waals surface area contributed by atoms with Gasteiger partial charge in [-0.25, -0.2) is 9.78 Å². The van der Waals surface area contributed by atoms with Gasteiger partial charge in [-0.15, -0.1) is 11.3 Å². The number of hydrogen-bond acceptors (Lipinski definition) is 4. The number of urea groups is 1. The molecule has 0 unspecified atom stereocenters. The van der Waals surface area contributed by atoms with Crippen molar-refractivity contribution < 1.29 is 9.59 Å². The monoisotopic (exact) mass is 344 g/mol. The summed E-state index contributed by atoms with van der Waals surface area (Å²) in [6, 6.07) is 6.66. The van der Waals surface area contributed by atoms with E-state index in [-0.39, 0.29) is 11.9 Å². The molecule has 1 aromatic carbocycles. The molecule has 1 fully saturated rings. The van der Waals surface area contributed by atoms with Gasteiger partial charge >= 0.3 is 6.03 Å². The molecule has 2 heterocycles. The molecule has 1 aliphatic rings. The van der Waals surface area contributed by atoms with Crippen LogP contribution in [0.2, 0.25) is 0 Å². The zero-order valence-electron chi connectivity index (χ0n) is 13.5. The molecule has 1 atom stereocenters. The highest BCUT2D eigenvalue weighted by molar-refractivity contribution is 7.09. The highest BCUT2D eigenvalue weighted by atomic mass is 32.1. The van der Waals surface area contributed by atoms with Crippen molar-refractivity contribution in [3.63, 3.8) is 0 Å². The molecule has 0 bridgehead atoms. The lowest BCUT2D eigenvalue weighted by atomic mass is 10.1. The number of carbonyl (C=O) groups excluding carboxylic acids is 2. The lowest BCUT2D eigenvalue weighted by Crippen LogP contribution is -2.46. The van der Waals surface area contributed by atoms with Crippen LogP contribution in [0.4, 0.5) is 10.5 Å². The van der Waals surface area contributed by atoms with Gasteiger partial charge in [0.15, 0.2) is 0 Å². The van der Waals surface area contributed by atoms with E-state index in [0.717, 1.165) is 29.1 Å². The van der Waals surface area contributed by atoms with E-state index < -0.39 is 6.04 Å². The molecule has 1 saturated heterocycles. The van der Waals surface area contributed by atoms with Crippen LogP contribution in [0.1, 0.15) is 24.3 Å². The normalized spacial score (nSPS) is 17.7. The van der Waals surface area contributed by atoms with Crippen molar-refractivity contribution >= 4 is 29.0 Å². The minimum atomic E-state index is -0.468. The Labute approximate surface area is 144 Å². The Morgan fingerprint density at radius 2 is 2.08 bits per heavy atom. The summed E-state index contributed by atoms with van der Waals surface area (Å²) in [6.45, 7) is 2.65. The first-order valence-electron chi connectivity index (χ1n) is 7.99. The second-order valence-corrected chi connectivity index (χ2v) is 6.83. The molecule has 0 saturated carbocycles. The summed E-state index contributed by atoms with van der Waals surface area (Å²) in [6.07, 6.45) is 2.54. The summed E-state index contributed by atoms with van der Waals surface area (Å²) in [4.78, 5) is 28.4. The number of aryl methyl sites for hydroxylation is 1. The van der Waals surface area contributed by atoms with Gasteiger partial charge in [0.05, 0.1) is 10.7 Å². The van der Waals surface area contributed by atoms with Crippen molar-refractivity contribution in [2.75, 3.05) is 11.9 Å². The molecule has 0 radical (unpaired) electrons. The van der Waals surface area contributed by atoms with Crippen molar-refractivity contribution in [2.24, 2.45) is 0 Å². The SMILES string of the molecule is Cc1nc(-c2ccc(NC(=O)N[C@H]3CCCCNC3=O)cc2)cs1. The number of nitrogens with one attached hydrogen (secondary N) is 3. The van der Waals surface area contributed by atoms with Crippen molar-refractivity contribution in [1.82, 2.24) is 15.6 Å². The molecular weight excluding hydrogens is 324 g/mol. The maximum Gasteiger partial charge on any atom is 0.319 e. The quantitative estimate of drug-likeness (QED) is 0.800. The third-order valence-electron chi connectivity index (χ3n) is 3.90. The van der Waals surface area contributed by atoms with E-state index in [4.69, 9.17) is 0 Å². The number of anilines is 1. The van der Waals surface area contributed by atoms with E-state index >= 15 is 0 Å². The smallest absolute Gasteiger partial charge is 0.319 e. The van der Waals surface area contributed by atoms with Crippen LogP contribution in [0.3, 0.4) is 0 Å². The Morgan fingerprint density at radius 1 is 1.29 bits per heavy atom. The average molecular weight is 344 g/mol. The summed E-state index contributed by atoms with van der Waals surface area (Å²) in [5.74, 6) is -0.114. The predicted octanol–water partition coefficient (Wildman–Crippen LogP) is 2.91. The Hall–Kier alpha value is -2.41. The molecule has 0 spiro atoms. The first kappa shape index (κ1) is 16.4. The van der Waals surface area contributed by atoms with Crippen molar-refractivity contribution in [3.05, 3.63) is 34.7 Å². The lowest BCUT2D eigenvalue weighted by molar-refractivity contribution is -0.122. The van der Waals surface area contributed by atoms with Gasteiger partial charge in [-0.1, -0.05) is 12.1 Å². The predicted molar refractivity (Wildman–Crippen MR) is 95.1 cm³/mol. The van der Waals surface area contributed by atoms with Crippen LogP contribution in [0.5, 0.6) is 0 Å². The van der Waals surface area contributed by atoms with Gasteiger partial charge in [-0.2, -0.15) is 0 Å². The largest absolute Gasteiger partial charge is 0.354 e. The first-order chi connectivity index (χ1) is 11.6. The zero-order chi connectivity index (χ0) is 16.9. The number of benzene rings is 1. The van der Waals surface area contributed by atoms with Gasteiger partial charge in [0.25, 0.3) is 0 Å². The molecule has 1 aromatic heterocycles. The zero-order valence-corrected chi connectivity index (χ0v) is 14.3. The van der Waals surface area contributed by atoms with Gasteiger partial charge in [-0.3, -0.25) is 4.79 Å². The standard InChI is InChI=1S/C17H20N4O2S/c1-11-19-15(10-24-11)12-5-7-13(8-6-12)20-17(23)21-14-4-2-3-9-18-16(14)22/h5-8,10,14H,2-4,9H2,1H3,(H,18,22)(H2,20,21,23)/t14-/m0/s1. The van der Waals surface area contributed by atoms with Crippen LogP contribution >= 0.6 is 11.3 Å². The molecule has 24 heavy (non-hydrogen) atoms. The van der Waals surface area contributed by atoms with Crippen LogP contribution in [-0.2, 0) is 4.79 Å². The maximum atomic E-state index is 12.1. The summed E-state index contributed by atoms with van der Waals surface area (Å²) >= 11 is 1.61. The number of thiazole rings is 1. The van der Waals surface area contributed by atoms with Gasteiger partial charge < -0.3 is 16.0 Å². The molecule has 2 aromatic rings. The van der Waals surface area contributed by atoms with E-state index in [1.165, 1.54) is 0 Å². The third-order valence-corrected chi connectivity index (χ3v) is 4.67. The summed E-state index contributed by atoms with van der Waals surface area (Å²) in [7, 11) is 0. The lowest BCUT2D eigenvalue weighted by Gasteiger charge is -2.15. The number of amides is 3. The molecule has 7 heteroatoms. The van der Waals surface area contributed by atoms with Crippen LogP contribution in [-0.4, -0.2) is 29.5 Å². The van der Waals surface area contributed by atoms with Crippen LogP contribution in [0, 0.1) is 6.92 Å². The fourth-order valence-electron chi connectivity index (χ4n) is 2.62. The van der Waals surface area contributed by atoms with Gasteiger partial charge in [0.2, 0.25) is 5.91 Å². The van der Waals surface area contributed by atoms with Crippen LogP contribution in [0.25, 0.3) is 11.3 Å². The summed E-state index contributed by atoms with van der Waals surface area (Å²) < 4.78 is 0. The van der Waals surface area contributed by atoms with Gasteiger partial charge in [-0.05, 0) is 38.3 Å². The van der Waals surface area contributed by atoms with Gasteiger partial charge in [0, 0.05) is 23.2 Å². The van der Waals surface area contributed by atoms with Crippen molar-refractivity contribution in [2.45, 2.75) is 32.2 Å². The van der Waals surface area contributed by atoms with E-state index in [1.807, 2.05) is 36.6 Å². The highest BCUT2D eigenvalue weighted by Gasteiger charge is 2.22. The Bertz CT molecular complexity index is 726. The molecule has 1 aliphatic heterocycles. The maximum absolute atomic E-state index is 12.1. The van der Waals surface area contributed by atoms with E-state index in [2.05, 4.69) is 20.9 Å².